The molecular weight excluding hydrogens is 342 g/mol. The molecule has 2 aromatic carbocycles. The predicted molar refractivity (Wildman–Crippen MR) is 105 cm³/mol. The fourth-order valence-electron chi connectivity index (χ4n) is 2.21. The molecule has 2 aromatic rings. The summed E-state index contributed by atoms with van der Waals surface area (Å²) in [6.07, 6.45) is 2.57. The van der Waals surface area contributed by atoms with Gasteiger partial charge in [-0.05, 0) is 42.3 Å². The zero-order chi connectivity index (χ0) is 19.3. The highest BCUT2D eigenvalue weighted by atomic mass is 16.5. The number of rotatable bonds is 9. The number of hydrogen-bond donors (Lipinski definition) is 1. The monoisotopic (exact) mass is 365 g/mol. The van der Waals surface area contributed by atoms with Crippen LogP contribution < -0.4 is 19.5 Å². The largest absolute Gasteiger partial charge is 0.497 e. The number of allylic oxidation sites excluding steroid dienone is 1. The van der Waals surface area contributed by atoms with Crippen LogP contribution >= 0.6 is 0 Å². The van der Waals surface area contributed by atoms with Crippen LogP contribution in [0.5, 0.6) is 17.2 Å². The van der Waals surface area contributed by atoms with E-state index in [1.807, 2.05) is 30.3 Å². The number of carbonyl (C=O) groups is 1. The van der Waals surface area contributed by atoms with Gasteiger partial charge in [0.25, 0.3) is 5.91 Å². The molecule has 0 fully saturated rings. The van der Waals surface area contributed by atoms with Crippen molar-refractivity contribution in [3.05, 3.63) is 66.7 Å². The third-order valence-corrected chi connectivity index (χ3v) is 3.57. The number of benzene rings is 2. The van der Waals surface area contributed by atoms with E-state index in [0.717, 1.165) is 23.5 Å². The molecule has 140 valence electrons. The van der Waals surface area contributed by atoms with Crippen LogP contribution in [0.3, 0.4) is 0 Å². The lowest BCUT2D eigenvalue weighted by molar-refractivity contribution is -0.122. The number of ether oxygens (including phenoxy) is 3. The van der Waals surface area contributed by atoms with Crippen molar-refractivity contribution < 1.29 is 19.0 Å². The Bertz CT molecular complexity index is 803. The minimum Gasteiger partial charge on any atom is -0.497 e. The van der Waals surface area contributed by atoms with Crippen LogP contribution in [-0.4, -0.2) is 32.8 Å². The Morgan fingerprint density at radius 2 is 1.81 bits per heavy atom. The van der Waals surface area contributed by atoms with E-state index in [-0.39, 0.29) is 25.7 Å². The Kier molecular flexibility index (Phi) is 8.32. The average Bonchev–Trinajstić information content (AvgIpc) is 2.70. The first-order valence-electron chi connectivity index (χ1n) is 8.54. The number of methoxy groups -OCH3 is 1. The molecule has 0 heterocycles. The van der Waals surface area contributed by atoms with E-state index in [0.29, 0.717) is 5.75 Å². The molecule has 0 aliphatic heterocycles. The Morgan fingerprint density at radius 1 is 1.07 bits per heavy atom. The predicted octanol–water partition coefficient (Wildman–Crippen LogP) is 3.00. The van der Waals surface area contributed by atoms with Crippen LogP contribution in [0.15, 0.2) is 61.2 Å². The van der Waals surface area contributed by atoms with Gasteiger partial charge in [-0.1, -0.05) is 36.1 Å². The molecule has 2 rings (SSSR count). The van der Waals surface area contributed by atoms with Crippen LogP contribution in [0.4, 0.5) is 0 Å². The molecule has 0 aromatic heterocycles. The fraction of sp³-hybridized carbons (Fsp3) is 0.227. The van der Waals surface area contributed by atoms with Crippen LogP contribution in [0.2, 0.25) is 0 Å². The molecule has 0 radical (unpaired) electrons. The Labute approximate surface area is 159 Å². The minimum atomic E-state index is -0.239. The van der Waals surface area contributed by atoms with Gasteiger partial charge in [-0.3, -0.25) is 4.79 Å². The summed E-state index contributed by atoms with van der Waals surface area (Å²) in [7, 11) is 1.59. The van der Waals surface area contributed by atoms with E-state index in [1.54, 1.807) is 31.4 Å². The Morgan fingerprint density at radius 3 is 2.56 bits per heavy atom. The SMILES string of the molecule is C=CCc1ccccc1OCC#CCNC(=O)COc1ccc(OC)cc1. The standard InChI is InChI=1S/C22H23NO4/c1-3-8-18-9-4-5-10-21(18)26-16-7-6-15-23-22(24)17-27-20-13-11-19(25-2)12-14-20/h3-5,9-14H,1,8,15-17H2,2H3,(H,23,24). The van der Waals surface area contributed by atoms with Gasteiger partial charge in [0.2, 0.25) is 0 Å². The van der Waals surface area contributed by atoms with Crippen molar-refractivity contribution in [2.45, 2.75) is 6.42 Å². The highest BCUT2D eigenvalue weighted by Crippen LogP contribution is 2.18. The summed E-state index contributed by atoms with van der Waals surface area (Å²) in [4.78, 5) is 11.7. The second-order valence-corrected chi connectivity index (χ2v) is 5.48. The molecule has 1 N–H and O–H groups in total. The van der Waals surface area contributed by atoms with Gasteiger partial charge in [0, 0.05) is 0 Å². The Balaban J connectivity index is 1.66. The van der Waals surface area contributed by atoms with Crippen molar-refractivity contribution >= 4 is 5.91 Å². The molecule has 0 unspecified atom stereocenters. The summed E-state index contributed by atoms with van der Waals surface area (Å²) in [5.41, 5.74) is 1.07. The van der Waals surface area contributed by atoms with E-state index in [9.17, 15) is 4.79 Å². The lowest BCUT2D eigenvalue weighted by Gasteiger charge is -2.07. The quantitative estimate of drug-likeness (QED) is 0.548. The minimum absolute atomic E-state index is 0.0700. The molecular formula is C22H23NO4. The number of para-hydroxylation sites is 1. The molecule has 0 atom stereocenters. The second-order valence-electron chi connectivity index (χ2n) is 5.48. The summed E-state index contributed by atoms with van der Waals surface area (Å²) in [6.45, 7) is 4.16. The molecule has 5 nitrogen and oxygen atoms in total. The first-order valence-corrected chi connectivity index (χ1v) is 8.54. The van der Waals surface area contributed by atoms with Gasteiger partial charge >= 0.3 is 0 Å². The first-order chi connectivity index (χ1) is 13.2. The van der Waals surface area contributed by atoms with Gasteiger partial charge in [0.15, 0.2) is 6.61 Å². The van der Waals surface area contributed by atoms with E-state index < -0.39 is 0 Å². The average molecular weight is 365 g/mol. The highest BCUT2D eigenvalue weighted by Gasteiger charge is 2.02. The lowest BCUT2D eigenvalue weighted by atomic mass is 10.1. The molecule has 0 aliphatic carbocycles. The molecule has 5 heteroatoms. The lowest BCUT2D eigenvalue weighted by Crippen LogP contribution is -2.29. The third-order valence-electron chi connectivity index (χ3n) is 3.57. The van der Waals surface area contributed by atoms with E-state index in [2.05, 4.69) is 23.7 Å². The van der Waals surface area contributed by atoms with Crippen LogP contribution in [0.1, 0.15) is 5.56 Å². The van der Waals surface area contributed by atoms with Crippen molar-refractivity contribution in [3.63, 3.8) is 0 Å². The first kappa shape index (κ1) is 19.9. The second kappa shape index (κ2) is 11.3. The normalized spacial score (nSPS) is 9.52. The summed E-state index contributed by atoms with van der Waals surface area (Å²) in [6, 6.07) is 14.8. The van der Waals surface area contributed by atoms with Gasteiger partial charge < -0.3 is 19.5 Å². The number of amides is 1. The van der Waals surface area contributed by atoms with Crippen LogP contribution in [0.25, 0.3) is 0 Å². The number of nitrogens with one attached hydrogen (secondary N) is 1. The molecule has 0 saturated carbocycles. The molecule has 27 heavy (non-hydrogen) atoms. The van der Waals surface area contributed by atoms with Crippen molar-refractivity contribution in [1.29, 1.82) is 0 Å². The zero-order valence-electron chi connectivity index (χ0n) is 15.4. The molecule has 0 aliphatic rings. The van der Waals surface area contributed by atoms with Gasteiger partial charge in [-0.2, -0.15) is 0 Å². The molecule has 0 saturated heterocycles. The molecule has 0 bridgehead atoms. The Hall–Kier alpha value is -3.39. The van der Waals surface area contributed by atoms with Crippen molar-refractivity contribution in [2.24, 2.45) is 0 Å². The van der Waals surface area contributed by atoms with Gasteiger partial charge in [-0.25, -0.2) is 0 Å². The zero-order valence-corrected chi connectivity index (χ0v) is 15.4. The maximum Gasteiger partial charge on any atom is 0.258 e. The van der Waals surface area contributed by atoms with Crippen LogP contribution in [-0.2, 0) is 11.2 Å². The third kappa shape index (κ3) is 7.17. The van der Waals surface area contributed by atoms with Crippen molar-refractivity contribution in [1.82, 2.24) is 5.32 Å². The van der Waals surface area contributed by atoms with E-state index in [1.165, 1.54) is 0 Å². The molecule has 0 spiro atoms. The summed E-state index contributed by atoms with van der Waals surface area (Å²) < 4.78 is 16.1. The fourth-order valence-corrected chi connectivity index (χ4v) is 2.21. The van der Waals surface area contributed by atoms with Crippen LogP contribution in [0, 0.1) is 11.8 Å². The number of hydrogen-bond acceptors (Lipinski definition) is 4. The summed E-state index contributed by atoms with van der Waals surface area (Å²) in [5, 5.41) is 2.67. The smallest absolute Gasteiger partial charge is 0.258 e. The maximum absolute atomic E-state index is 11.7. The van der Waals surface area contributed by atoms with Gasteiger partial charge in [-0.15, -0.1) is 6.58 Å². The van der Waals surface area contributed by atoms with E-state index >= 15 is 0 Å². The van der Waals surface area contributed by atoms with Crippen molar-refractivity contribution in [3.8, 4) is 29.1 Å². The highest BCUT2D eigenvalue weighted by molar-refractivity contribution is 5.77. The van der Waals surface area contributed by atoms with Gasteiger partial charge in [0.1, 0.15) is 23.9 Å². The molecule has 1 amide bonds. The topological polar surface area (TPSA) is 56.8 Å². The number of carbonyl (C=O) groups excluding carboxylic acids is 1. The summed E-state index contributed by atoms with van der Waals surface area (Å²) >= 11 is 0. The maximum atomic E-state index is 11.7. The van der Waals surface area contributed by atoms with Crippen molar-refractivity contribution in [2.75, 3.05) is 26.9 Å². The summed E-state index contributed by atoms with van der Waals surface area (Å²) in [5.74, 6) is 7.62. The van der Waals surface area contributed by atoms with E-state index in [4.69, 9.17) is 14.2 Å². The van der Waals surface area contributed by atoms with Gasteiger partial charge in [0.05, 0.1) is 13.7 Å².